The fourth-order valence-corrected chi connectivity index (χ4v) is 3.39. The molecule has 134 valence electrons. The number of rotatable bonds is 7. The molecule has 0 unspecified atom stereocenters. The highest BCUT2D eigenvalue weighted by Crippen LogP contribution is 2.23. The lowest BCUT2D eigenvalue weighted by molar-refractivity contribution is -0.115. The van der Waals surface area contributed by atoms with Crippen LogP contribution in [0.5, 0.6) is 0 Å². The van der Waals surface area contributed by atoms with E-state index in [-0.39, 0.29) is 10.8 Å². The molecule has 10 heteroatoms. The van der Waals surface area contributed by atoms with E-state index in [0.29, 0.717) is 17.4 Å². The minimum Gasteiger partial charge on any atom is -0.325 e. The van der Waals surface area contributed by atoms with E-state index in [9.17, 15) is 13.2 Å². The molecular formula is C15H19N5O3S2. The molecule has 1 amide bonds. The van der Waals surface area contributed by atoms with Crippen molar-refractivity contribution in [2.24, 2.45) is 5.14 Å². The molecule has 0 aliphatic heterocycles. The van der Waals surface area contributed by atoms with Crippen molar-refractivity contribution in [3.05, 3.63) is 42.7 Å². The van der Waals surface area contributed by atoms with Gasteiger partial charge in [0, 0.05) is 12.2 Å². The number of primary sulfonamides is 1. The zero-order valence-corrected chi connectivity index (χ0v) is 15.5. The number of carbonyl (C=O) groups excluding carboxylic acids is 1. The number of nitrogens with zero attached hydrogens (tertiary/aromatic N) is 3. The van der Waals surface area contributed by atoms with Gasteiger partial charge >= 0.3 is 0 Å². The molecule has 1 aromatic heterocycles. The number of hydrogen-bond acceptors (Lipinski definition) is 6. The zero-order chi connectivity index (χ0) is 18.6. The highest BCUT2D eigenvalue weighted by atomic mass is 32.2. The second-order valence-electron chi connectivity index (χ2n) is 5.25. The topological polar surface area (TPSA) is 120 Å². The predicted molar refractivity (Wildman–Crippen MR) is 96.7 cm³/mol. The summed E-state index contributed by atoms with van der Waals surface area (Å²) in [4.78, 5) is 12.3. The molecule has 3 N–H and O–H groups in total. The van der Waals surface area contributed by atoms with E-state index in [0.717, 1.165) is 5.82 Å². The number of nitrogens with one attached hydrogen (secondary N) is 1. The summed E-state index contributed by atoms with van der Waals surface area (Å²) >= 11 is 1.28. The number of aromatic nitrogens is 3. The van der Waals surface area contributed by atoms with Gasteiger partial charge in [0.15, 0.2) is 5.16 Å². The zero-order valence-electron chi connectivity index (χ0n) is 13.8. The average Bonchev–Trinajstić information content (AvgIpc) is 2.88. The number of anilines is 1. The first-order chi connectivity index (χ1) is 11.7. The molecule has 2 aromatic rings. The number of nitrogens with two attached hydrogens (primary N) is 1. The second-order valence-corrected chi connectivity index (χ2v) is 8.12. The lowest BCUT2D eigenvalue weighted by atomic mass is 10.3. The van der Waals surface area contributed by atoms with Gasteiger partial charge in [0.2, 0.25) is 15.9 Å². The van der Waals surface area contributed by atoms with E-state index in [2.05, 4.69) is 22.1 Å². The van der Waals surface area contributed by atoms with Crippen molar-refractivity contribution < 1.29 is 13.2 Å². The number of aryl methyl sites for hydroxylation is 1. The smallest absolute Gasteiger partial charge is 0.238 e. The van der Waals surface area contributed by atoms with Crippen molar-refractivity contribution >= 4 is 33.4 Å². The fourth-order valence-electron chi connectivity index (χ4n) is 1.97. The number of benzene rings is 1. The largest absolute Gasteiger partial charge is 0.325 e. The average molecular weight is 381 g/mol. The fraction of sp³-hybridized carbons (Fsp3) is 0.267. The van der Waals surface area contributed by atoms with Crippen molar-refractivity contribution in [1.29, 1.82) is 0 Å². The number of hydrogen-bond donors (Lipinski definition) is 2. The maximum absolute atomic E-state index is 12.3. The van der Waals surface area contributed by atoms with Crippen LogP contribution in [0.1, 0.15) is 12.7 Å². The third kappa shape index (κ3) is 4.91. The van der Waals surface area contributed by atoms with Gasteiger partial charge in [-0.05, 0) is 38.1 Å². The molecule has 1 heterocycles. The molecule has 8 nitrogen and oxygen atoms in total. The van der Waals surface area contributed by atoms with E-state index in [1.165, 1.54) is 36.0 Å². The lowest BCUT2D eigenvalue weighted by Crippen LogP contribution is -2.23. The van der Waals surface area contributed by atoms with Crippen LogP contribution in [0.15, 0.2) is 47.0 Å². The van der Waals surface area contributed by atoms with E-state index in [4.69, 9.17) is 5.14 Å². The summed E-state index contributed by atoms with van der Waals surface area (Å²) in [6.45, 7) is 7.84. The van der Waals surface area contributed by atoms with Crippen LogP contribution in [0, 0.1) is 6.92 Å². The van der Waals surface area contributed by atoms with Crippen LogP contribution < -0.4 is 10.5 Å². The van der Waals surface area contributed by atoms with Gasteiger partial charge < -0.3 is 9.88 Å². The van der Waals surface area contributed by atoms with Crippen molar-refractivity contribution in [3.8, 4) is 0 Å². The van der Waals surface area contributed by atoms with Crippen LogP contribution >= 0.6 is 11.8 Å². The van der Waals surface area contributed by atoms with Gasteiger partial charge in [-0.1, -0.05) is 17.8 Å². The number of thioether (sulfide) groups is 1. The third-order valence-corrected chi connectivity index (χ3v) is 5.32. The van der Waals surface area contributed by atoms with E-state index >= 15 is 0 Å². The van der Waals surface area contributed by atoms with Crippen LogP contribution in [-0.4, -0.2) is 34.3 Å². The highest BCUT2D eigenvalue weighted by molar-refractivity contribution is 8.00. The molecule has 0 aliphatic rings. The Morgan fingerprint density at radius 3 is 2.60 bits per heavy atom. The molecule has 0 spiro atoms. The van der Waals surface area contributed by atoms with Crippen molar-refractivity contribution in [2.45, 2.75) is 35.7 Å². The summed E-state index contributed by atoms with van der Waals surface area (Å²) in [5.41, 5.74) is 0.480. The van der Waals surface area contributed by atoms with Crippen LogP contribution in [0.25, 0.3) is 0 Å². The highest BCUT2D eigenvalue weighted by Gasteiger charge is 2.19. The molecule has 0 radical (unpaired) electrons. The SMILES string of the molecule is C=CCn1c(C)nnc1S[C@@H](C)C(=O)Nc1ccc(S(N)(=O)=O)cc1. The van der Waals surface area contributed by atoms with E-state index < -0.39 is 15.3 Å². The second kappa shape index (κ2) is 7.81. The normalized spacial score (nSPS) is 12.6. The Labute approximate surface area is 150 Å². The van der Waals surface area contributed by atoms with Crippen LogP contribution in [0.2, 0.25) is 0 Å². The number of allylic oxidation sites excluding steroid dienone is 1. The molecule has 0 bridgehead atoms. The maximum atomic E-state index is 12.3. The summed E-state index contributed by atoms with van der Waals surface area (Å²) in [6, 6.07) is 5.65. The molecule has 25 heavy (non-hydrogen) atoms. The van der Waals surface area contributed by atoms with Crippen LogP contribution in [0.4, 0.5) is 5.69 Å². The minimum absolute atomic E-state index is 0.0130. The van der Waals surface area contributed by atoms with Crippen LogP contribution in [-0.2, 0) is 21.4 Å². The Kier molecular flexibility index (Phi) is 5.98. The molecule has 0 saturated carbocycles. The summed E-state index contributed by atoms with van der Waals surface area (Å²) in [6.07, 6.45) is 1.73. The molecule has 1 atom stereocenters. The van der Waals surface area contributed by atoms with E-state index in [1.807, 2.05) is 11.5 Å². The van der Waals surface area contributed by atoms with Gasteiger partial charge in [-0.2, -0.15) is 0 Å². The summed E-state index contributed by atoms with van der Waals surface area (Å²) in [5.74, 6) is 0.507. The minimum atomic E-state index is -3.76. The third-order valence-electron chi connectivity index (χ3n) is 3.32. The Morgan fingerprint density at radius 1 is 1.40 bits per heavy atom. The quantitative estimate of drug-likeness (QED) is 0.554. The van der Waals surface area contributed by atoms with Gasteiger partial charge in [0.25, 0.3) is 0 Å². The van der Waals surface area contributed by atoms with Crippen LogP contribution in [0.3, 0.4) is 0 Å². The first-order valence-corrected chi connectivity index (χ1v) is 9.76. The summed E-state index contributed by atoms with van der Waals surface area (Å²) in [5, 5.41) is 16.0. The molecule has 1 aromatic carbocycles. The summed E-state index contributed by atoms with van der Waals surface area (Å²) in [7, 11) is -3.76. The van der Waals surface area contributed by atoms with Gasteiger partial charge in [-0.3, -0.25) is 4.79 Å². The van der Waals surface area contributed by atoms with Gasteiger partial charge in [-0.15, -0.1) is 16.8 Å². The van der Waals surface area contributed by atoms with Crippen molar-refractivity contribution in [3.63, 3.8) is 0 Å². The Morgan fingerprint density at radius 2 is 2.04 bits per heavy atom. The molecule has 0 fully saturated rings. The number of sulfonamides is 1. The predicted octanol–water partition coefficient (Wildman–Crippen LogP) is 1.54. The summed E-state index contributed by atoms with van der Waals surface area (Å²) < 4.78 is 24.3. The van der Waals surface area contributed by atoms with Crippen molar-refractivity contribution in [1.82, 2.24) is 14.8 Å². The van der Waals surface area contributed by atoms with Gasteiger partial charge in [-0.25, -0.2) is 13.6 Å². The number of carbonyl (C=O) groups is 1. The Hall–Kier alpha value is -2.17. The van der Waals surface area contributed by atoms with Gasteiger partial charge in [0.05, 0.1) is 10.1 Å². The standard InChI is InChI=1S/C15H19N5O3S2/c1-4-9-20-11(3)18-19-15(20)24-10(2)14(21)17-12-5-7-13(8-6-12)25(16,22)23/h4-8,10H,1,9H2,2-3H3,(H,17,21)(H2,16,22,23)/t10-/m0/s1. The Bertz CT molecular complexity index is 875. The molecule has 0 aliphatic carbocycles. The van der Waals surface area contributed by atoms with E-state index in [1.54, 1.807) is 13.0 Å². The number of amides is 1. The Balaban J connectivity index is 2.04. The molecule has 2 rings (SSSR count). The first-order valence-electron chi connectivity index (χ1n) is 7.33. The molecule has 0 saturated heterocycles. The first kappa shape index (κ1) is 19.2. The van der Waals surface area contributed by atoms with Gasteiger partial charge in [0.1, 0.15) is 5.82 Å². The maximum Gasteiger partial charge on any atom is 0.238 e. The lowest BCUT2D eigenvalue weighted by Gasteiger charge is -2.12. The van der Waals surface area contributed by atoms with Crippen molar-refractivity contribution in [2.75, 3.05) is 5.32 Å². The monoisotopic (exact) mass is 381 g/mol. The molecular weight excluding hydrogens is 362 g/mol.